The highest BCUT2D eigenvalue weighted by Crippen LogP contribution is 2.50. The first-order valence-corrected chi connectivity index (χ1v) is 10.1. The molecule has 142 valence electrons. The molecule has 1 amide bonds. The molecule has 1 spiro atoms. The summed E-state index contributed by atoms with van der Waals surface area (Å²) in [5.74, 6) is 1.15. The topological polar surface area (TPSA) is 42.0 Å². The number of morpholine rings is 1. The Labute approximate surface area is 156 Å². The van der Waals surface area contributed by atoms with Crippen molar-refractivity contribution in [3.63, 3.8) is 0 Å². The van der Waals surface area contributed by atoms with Crippen molar-refractivity contribution in [3.8, 4) is 5.75 Å². The fraction of sp³-hybridized carbons (Fsp3) is 0.667. The smallest absolute Gasteiger partial charge is 0.237 e. The first kappa shape index (κ1) is 17.8. The van der Waals surface area contributed by atoms with Crippen LogP contribution in [0.3, 0.4) is 0 Å². The molecule has 2 fully saturated rings. The molecule has 1 aliphatic carbocycles. The van der Waals surface area contributed by atoms with E-state index < -0.39 is 0 Å². The number of benzene rings is 1. The maximum absolute atomic E-state index is 13.0. The molecule has 3 aliphatic rings. The van der Waals surface area contributed by atoms with Crippen molar-refractivity contribution in [2.75, 3.05) is 51.4 Å². The molecule has 4 rings (SSSR count). The predicted molar refractivity (Wildman–Crippen MR) is 102 cm³/mol. The van der Waals surface area contributed by atoms with Crippen LogP contribution in [0.4, 0.5) is 5.69 Å². The zero-order valence-corrected chi connectivity index (χ0v) is 15.8. The van der Waals surface area contributed by atoms with Crippen molar-refractivity contribution >= 4 is 11.6 Å². The lowest BCUT2D eigenvalue weighted by atomic mass is 9.70. The second kappa shape index (κ2) is 7.57. The van der Waals surface area contributed by atoms with Crippen molar-refractivity contribution in [1.82, 2.24) is 4.90 Å². The molecule has 1 aromatic carbocycles. The Morgan fingerprint density at radius 1 is 1.15 bits per heavy atom. The van der Waals surface area contributed by atoms with Crippen molar-refractivity contribution in [2.45, 2.75) is 43.9 Å². The van der Waals surface area contributed by atoms with E-state index in [-0.39, 0.29) is 11.3 Å². The lowest BCUT2D eigenvalue weighted by Gasteiger charge is -2.32. The lowest BCUT2D eigenvalue weighted by molar-refractivity contribution is -0.124. The molecule has 1 saturated heterocycles. The maximum Gasteiger partial charge on any atom is 0.237 e. The van der Waals surface area contributed by atoms with Gasteiger partial charge in [-0.1, -0.05) is 25.3 Å². The van der Waals surface area contributed by atoms with Gasteiger partial charge in [0, 0.05) is 32.7 Å². The number of carbonyl (C=O) groups is 1. The number of anilines is 1. The quantitative estimate of drug-likeness (QED) is 0.759. The summed E-state index contributed by atoms with van der Waals surface area (Å²) in [5.41, 5.74) is 1.99. The van der Waals surface area contributed by atoms with E-state index in [1.807, 2.05) is 11.9 Å². The first-order valence-electron chi connectivity index (χ1n) is 10.1. The van der Waals surface area contributed by atoms with Gasteiger partial charge in [-0.2, -0.15) is 0 Å². The number of nitrogens with zero attached hydrogens (tertiary/aromatic N) is 2. The van der Waals surface area contributed by atoms with E-state index in [1.165, 1.54) is 12.0 Å². The molecular formula is C21H30N2O3. The predicted octanol–water partition coefficient (Wildman–Crippen LogP) is 2.97. The number of amides is 1. The Bertz CT molecular complexity index is 649. The van der Waals surface area contributed by atoms with Crippen LogP contribution in [-0.2, 0) is 14.9 Å². The van der Waals surface area contributed by atoms with Crippen molar-refractivity contribution < 1.29 is 14.3 Å². The van der Waals surface area contributed by atoms with Crippen LogP contribution in [0.5, 0.6) is 5.75 Å². The van der Waals surface area contributed by atoms with Gasteiger partial charge < -0.3 is 14.4 Å². The number of fused-ring (bicyclic) bond motifs is 2. The van der Waals surface area contributed by atoms with Gasteiger partial charge in [0.1, 0.15) is 5.75 Å². The molecule has 5 heteroatoms. The summed E-state index contributed by atoms with van der Waals surface area (Å²) in [5, 5.41) is 0. The zero-order valence-electron chi connectivity index (χ0n) is 15.8. The van der Waals surface area contributed by atoms with Gasteiger partial charge in [0.25, 0.3) is 0 Å². The highest BCUT2D eigenvalue weighted by atomic mass is 16.5. The summed E-state index contributed by atoms with van der Waals surface area (Å²) in [7, 11) is 1.91. The molecule has 0 atom stereocenters. The second-order valence-corrected chi connectivity index (χ2v) is 7.84. The molecule has 0 radical (unpaired) electrons. The van der Waals surface area contributed by atoms with Crippen LogP contribution in [0.2, 0.25) is 0 Å². The normalized spacial score (nSPS) is 22.7. The van der Waals surface area contributed by atoms with Crippen LogP contribution >= 0.6 is 0 Å². The summed E-state index contributed by atoms with van der Waals surface area (Å²) in [4.78, 5) is 17.2. The van der Waals surface area contributed by atoms with Gasteiger partial charge in [-0.05, 0) is 30.9 Å². The van der Waals surface area contributed by atoms with Gasteiger partial charge in [-0.25, -0.2) is 0 Å². The molecule has 1 aromatic rings. The molecule has 0 N–H and O–H groups in total. The fourth-order valence-corrected chi connectivity index (χ4v) is 4.77. The monoisotopic (exact) mass is 358 g/mol. The molecule has 2 heterocycles. The second-order valence-electron chi connectivity index (χ2n) is 7.84. The van der Waals surface area contributed by atoms with E-state index in [0.29, 0.717) is 6.61 Å². The van der Waals surface area contributed by atoms with Gasteiger partial charge in [-0.3, -0.25) is 9.69 Å². The standard InChI is InChI=1S/C21H30N2O3/c1-22-19-16-17(26-13-5-10-23-11-14-25-15-12-23)6-7-18(19)21(20(22)24)8-3-2-4-9-21/h6-7,16H,2-5,8-15H2,1H3. The van der Waals surface area contributed by atoms with Crippen molar-refractivity contribution in [1.29, 1.82) is 0 Å². The molecule has 0 unspecified atom stereocenters. The molecule has 5 nitrogen and oxygen atoms in total. The maximum atomic E-state index is 13.0. The Hall–Kier alpha value is -1.59. The third-order valence-electron chi connectivity index (χ3n) is 6.26. The molecule has 0 bridgehead atoms. The fourth-order valence-electron chi connectivity index (χ4n) is 4.77. The van der Waals surface area contributed by atoms with E-state index in [2.05, 4.69) is 23.1 Å². The Morgan fingerprint density at radius 3 is 2.69 bits per heavy atom. The Balaban J connectivity index is 1.38. The number of rotatable bonds is 5. The minimum Gasteiger partial charge on any atom is -0.493 e. The van der Waals surface area contributed by atoms with Gasteiger partial charge in [0.2, 0.25) is 5.91 Å². The lowest BCUT2D eigenvalue weighted by Crippen LogP contribution is -2.40. The van der Waals surface area contributed by atoms with Crippen LogP contribution in [0.25, 0.3) is 0 Å². The van der Waals surface area contributed by atoms with Gasteiger partial charge in [0.05, 0.1) is 30.9 Å². The highest BCUT2D eigenvalue weighted by molar-refractivity contribution is 6.08. The van der Waals surface area contributed by atoms with E-state index in [9.17, 15) is 4.79 Å². The number of likely N-dealkylation sites (N-methyl/N-ethyl adjacent to an activating group) is 1. The summed E-state index contributed by atoms with van der Waals surface area (Å²) in [6.07, 6.45) is 6.54. The summed E-state index contributed by atoms with van der Waals surface area (Å²) >= 11 is 0. The van der Waals surface area contributed by atoms with E-state index >= 15 is 0 Å². The van der Waals surface area contributed by atoms with Gasteiger partial charge >= 0.3 is 0 Å². The Kier molecular flexibility index (Phi) is 5.18. The first-order chi connectivity index (χ1) is 12.7. The molecular weight excluding hydrogens is 328 g/mol. The third-order valence-corrected chi connectivity index (χ3v) is 6.26. The van der Waals surface area contributed by atoms with Crippen molar-refractivity contribution in [3.05, 3.63) is 23.8 Å². The zero-order chi connectivity index (χ0) is 18.0. The third kappa shape index (κ3) is 3.23. The average Bonchev–Trinajstić information content (AvgIpc) is 2.89. The van der Waals surface area contributed by atoms with Crippen LogP contribution in [0, 0.1) is 0 Å². The number of carbonyl (C=O) groups excluding carboxylic acids is 1. The minimum atomic E-state index is -0.267. The number of hydrogen-bond acceptors (Lipinski definition) is 4. The Morgan fingerprint density at radius 2 is 1.92 bits per heavy atom. The van der Waals surface area contributed by atoms with E-state index in [0.717, 1.165) is 76.4 Å². The van der Waals surface area contributed by atoms with Gasteiger partial charge in [-0.15, -0.1) is 0 Å². The molecule has 1 saturated carbocycles. The summed E-state index contributed by atoms with van der Waals surface area (Å²) in [6.45, 7) is 5.48. The molecule has 26 heavy (non-hydrogen) atoms. The van der Waals surface area contributed by atoms with Crippen LogP contribution in [0.1, 0.15) is 44.1 Å². The largest absolute Gasteiger partial charge is 0.493 e. The van der Waals surface area contributed by atoms with Crippen LogP contribution in [-0.4, -0.2) is 57.3 Å². The average molecular weight is 358 g/mol. The minimum absolute atomic E-state index is 0.267. The van der Waals surface area contributed by atoms with Crippen LogP contribution in [0.15, 0.2) is 18.2 Å². The van der Waals surface area contributed by atoms with Crippen LogP contribution < -0.4 is 9.64 Å². The van der Waals surface area contributed by atoms with Gasteiger partial charge in [0.15, 0.2) is 0 Å². The number of ether oxygens (including phenoxy) is 2. The van der Waals surface area contributed by atoms with Crippen molar-refractivity contribution in [2.24, 2.45) is 0 Å². The summed E-state index contributed by atoms with van der Waals surface area (Å²) < 4.78 is 11.4. The highest BCUT2D eigenvalue weighted by Gasteiger charge is 2.49. The summed E-state index contributed by atoms with van der Waals surface area (Å²) in [6, 6.07) is 6.25. The van der Waals surface area contributed by atoms with E-state index in [4.69, 9.17) is 9.47 Å². The molecule has 2 aliphatic heterocycles. The van der Waals surface area contributed by atoms with E-state index in [1.54, 1.807) is 0 Å². The number of hydrogen-bond donors (Lipinski definition) is 0. The SMILES string of the molecule is CN1C(=O)C2(CCCCC2)c2ccc(OCCCN3CCOCC3)cc21. The molecule has 0 aromatic heterocycles.